The van der Waals surface area contributed by atoms with Gasteiger partial charge in [-0.2, -0.15) is 0 Å². The van der Waals surface area contributed by atoms with Crippen LogP contribution in [0.5, 0.6) is 0 Å². The van der Waals surface area contributed by atoms with Gasteiger partial charge in [0.15, 0.2) is 17.5 Å². The highest BCUT2D eigenvalue weighted by atomic mass is 32.2. The van der Waals surface area contributed by atoms with Gasteiger partial charge in [0.05, 0.1) is 6.61 Å². The predicted molar refractivity (Wildman–Crippen MR) is 58.0 cm³/mol. The molecule has 1 rings (SSSR count). The monoisotopic (exact) mass is 283 g/mol. The van der Waals surface area contributed by atoms with E-state index in [0.717, 1.165) is 0 Å². The molecule has 1 N–H and O–H groups in total. The number of sulfonamides is 1. The molecule has 0 aliphatic heterocycles. The van der Waals surface area contributed by atoms with Crippen LogP contribution in [0.1, 0.15) is 6.92 Å². The fourth-order valence-corrected chi connectivity index (χ4v) is 2.63. The lowest BCUT2D eigenvalue weighted by Gasteiger charge is -2.13. The van der Waals surface area contributed by atoms with Gasteiger partial charge in [-0.15, -0.1) is 0 Å². The summed E-state index contributed by atoms with van der Waals surface area (Å²) in [7, 11) is -2.90. The molecule has 0 fully saturated rings. The molecule has 0 unspecified atom stereocenters. The lowest BCUT2D eigenvalue weighted by atomic mass is 10.3. The summed E-state index contributed by atoms with van der Waals surface area (Å²) in [5.74, 6) is -5.01. The summed E-state index contributed by atoms with van der Waals surface area (Å²) in [4.78, 5) is -0.940. The molecule has 4 nitrogen and oxygen atoms in total. The van der Waals surface area contributed by atoms with Gasteiger partial charge in [0.2, 0.25) is 10.0 Å². The Balaban J connectivity index is 3.10. The van der Waals surface area contributed by atoms with E-state index in [0.29, 0.717) is 12.1 Å². The predicted octanol–water partition coefficient (Wildman–Crippen LogP) is 1.42. The zero-order valence-corrected chi connectivity index (χ0v) is 10.5. The Bertz CT molecular complexity index is 533. The SMILES string of the molecule is COC[C@H](C)NS(=O)(=O)c1ccc(F)c(F)c1F. The van der Waals surface area contributed by atoms with Crippen LogP contribution in [0.4, 0.5) is 13.2 Å². The van der Waals surface area contributed by atoms with Crippen molar-refractivity contribution < 1.29 is 26.3 Å². The number of halogens is 3. The minimum atomic E-state index is -4.26. The Morgan fingerprint density at radius 3 is 2.44 bits per heavy atom. The molecule has 0 spiro atoms. The molecule has 0 aromatic heterocycles. The summed E-state index contributed by atoms with van der Waals surface area (Å²) < 4.78 is 69.1. The Kier molecular flexibility index (Phi) is 4.71. The highest BCUT2D eigenvalue weighted by molar-refractivity contribution is 7.89. The van der Waals surface area contributed by atoms with Crippen LogP contribution >= 0.6 is 0 Å². The van der Waals surface area contributed by atoms with E-state index in [2.05, 4.69) is 4.72 Å². The molecule has 0 saturated carbocycles. The van der Waals surface area contributed by atoms with E-state index >= 15 is 0 Å². The zero-order chi connectivity index (χ0) is 13.9. The maximum atomic E-state index is 13.3. The van der Waals surface area contributed by atoms with Gasteiger partial charge in [-0.05, 0) is 19.1 Å². The molecule has 1 aromatic carbocycles. The quantitative estimate of drug-likeness (QED) is 0.831. The maximum Gasteiger partial charge on any atom is 0.243 e. The van der Waals surface area contributed by atoms with E-state index < -0.39 is 38.4 Å². The third-order valence-electron chi connectivity index (χ3n) is 2.06. The van der Waals surface area contributed by atoms with E-state index in [4.69, 9.17) is 4.74 Å². The average molecular weight is 283 g/mol. The molecule has 1 aromatic rings. The zero-order valence-electron chi connectivity index (χ0n) is 9.71. The standard InChI is InChI=1S/C10H12F3NO3S/c1-6(5-17-2)14-18(15,16)8-4-3-7(11)9(12)10(8)13/h3-4,6,14H,5H2,1-2H3/t6-/m0/s1. The van der Waals surface area contributed by atoms with Crippen LogP contribution in [0.2, 0.25) is 0 Å². The van der Waals surface area contributed by atoms with E-state index in [-0.39, 0.29) is 6.61 Å². The first-order chi connectivity index (χ1) is 8.29. The van der Waals surface area contributed by atoms with E-state index in [1.54, 1.807) is 0 Å². The first-order valence-corrected chi connectivity index (χ1v) is 6.42. The number of rotatable bonds is 5. The van der Waals surface area contributed by atoms with Gasteiger partial charge in [0, 0.05) is 13.2 Å². The first-order valence-electron chi connectivity index (χ1n) is 4.94. The fourth-order valence-electron chi connectivity index (χ4n) is 1.33. The molecule has 0 aliphatic carbocycles. The Hall–Kier alpha value is -1.12. The van der Waals surface area contributed by atoms with Gasteiger partial charge >= 0.3 is 0 Å². The van der Waals surface area contributed by atoms with Crippen molar-refractivity contribution in [3.05, 3.63) is 29.6 Å². The van der Waals surface area contributed by atoms with Crippen LogP contribution in [0, 0.1) is 17.5 Å². The molecule has 0 saturated heterocycles. The molecule has 1 atom stereocenters. The average Bonchev–Trinajstić information content (AvgIpc) is 2.25. The van der Waals surface area contributed by atoms with Crippen molar-refractivity contribution in [1.82, 2.24) is 4.72 Å². The van der Waals surface area contributed by atoms with Crippen molar-refractivity contribution in [2.45, 2.75) is 17.9 Å². The number of hydrogen-bond donors (Lipinski definition) is 1. The topological polar surface area (TPSA) is 55.4 Å². The summed E-state index contributed by atoms with van der Waals surface area (Å²) >= 11 is 0. The summed E-state index contributed by atoms with van der Waals surface area (Å²) in [6.07, 6.45) is 0. The number of hydrogen-bond acceptors (Lipinski definition) is 3. The molecule has 0 amide bonds. The normalized spacial score (nSPS) is 13.6. The first kappa shape index (κ1) is 14.9. The van der Waals surface area contributed by atoms with Crippen LogP contribution in [0.25, 0.3) is 0 Å². The number of methoxy groups -OCH3 is 1. The van der Waals surface area contributed by atoms with E-state index in [1.165, 1.54) is 14.0 Å². The Morgan fingerprint density at radius 2 is 1.89 bits per heavy atom. The molecule has 0 heterocycles. The van der Waals surface area contributed by atoms with Crippen molar-refractivity contribution in [2.75, 3.05) is 13.7 Å². The summed E-state index contributed by atoms with van der Waals surface area (Å²) in [6.45, 7) is 1.55. The molecule has 0 bridgehead atoms. The van der Waals surface area contributed by atoms with Crippen molar-refractivity contribution in [3.8, 4) is 0 Å². The third-order valence-corrected chi connectivity index (χ3v) is 3.67. The van der Waals surface area contributed by atoms with Crippen molar-refractivity contribution >= 4 is 10.0 Å². The Morgan fingerprint density at radius 1 is 1.28 bits per heavy atom. The molecule has 0 radical (unpaired) electrons. The van der Waals surface area contributed by atoms with Gasteiger partial charge in [-0.25, -0.2) is 26.3 Å². The van der Waals surface area contributed by atoms with Gasteiger partial charge in [-0.1, -0.05) is 0 Å². The van der Waals surface area contributed by atoms with Crippen LogP contribution in [0.15, 0.2) is 17.0 Å². The van der Waals surface area contributed by atoms with E-state index in [9.17, 15) is 21.6 Å². The maximum absolute atomic E-state index is 13.3. The molecular weight excluding hydrogens is 271 g/mol. The van der Waals surface area contributed by atoms with Gasteiger partial charge in [-0.3, -0.25) is 0 Å². The number of nitrogens with one attached hydrogen (secondary N) is 1. The van der Waals surface area contributed by atoms with Crippen LogP contribution in [0.3, 0.4) is 0 Å². The van der Waals surface area contributed by atoms with E-state index in [1.807, 2.05) is 0 Å². The molecule has 8 heteroatoms. The number of benzene rings is 1. The summed E-state index contributed by atoms with van der Waals surface area (Å²) in [5.41, 5.74) is 0. The second kappa shape index (κ2) is 5.68. The highest BCUT2D eigenvalue weighted by Gasteiger charge is 2.25. The molecule has 18 heavy (non-hydrogen) atoms. The fraction of sp³-hybridized carbons (Fsp3) is 0.400. The minimum Gasteiger partial charge on any atom is -0.383 e. The van der Waals surface area contributed by atoms with Crippen molar-refractivity contribution in [2.24, 2.45) is 0 Å². The van der Waals surface area contributed by atoms with Gasteiger partial charge in [0.1, 0.15) is 4.90 Å². The van der Waals surface area contributed by atoms with Crippen LogP contribution in [-0.4, -0.2) is 28.2 Å². The highest BCUT2D eigenvalue weighted by Crippen LogP contribution is 2.19. The number of ether oxygens (including phenoxy) is 1. The van der Waals surface area contributed by atoms with Gasteiger partial charge in [0.25, 0.3) is 0 Å². The third kappa shape index (κ3) is 3.21. The van der Waals surface area contributed by atoms with Gasteiger partial charge < -0.3 is 4.74 Å². The van der Waals surface area contributed by atoms with Crippen LogP contribution in [-0.2, 0) is 14.8 Å². The lowest BCUT2D eigenvalue weighted by Crippen LogP contribution is -2.36. The van der Waals surface area contributed by atoms with Crippen LogP contribution < -0.4 is 4.72 Å². The second-order valence-electron chi connectivity index (χ2n) is 3.65. The minimum absolute atomic E-state index is 0.0600. The largest absolute Gasteiger partial charge is 0.383 e. The summed E-state index contributed by atoms with van der Waals surface area (Å²) in [6, 6.07) is 0.580. The lowest BCUT2D eigenvalue weighted by molar-refractivity contribution is 0.180. The second-order valence-corrected chi connectivity index (χ2v) is 5.33. The Labute approximate surface area is 103 Å². The smallest absolute Gasteiger partial charge is 0.243 e. The molecular formula is C10H12F3NO3S. The van der Waals surface area contributed by atoms with Crippen molar-refractivity contribution in [1.29, 1.82) is 0 Å². The summed E-state index contributed by atoms with van der Waals surface area (Å²) in [5, 5.41) is 0. The molecule has 0 aliphatic rings. The van der Waals surface area contributed by atoms with Crippen molar-refractivity contribution in [3.63, 3.8) is 0 Å². The molecule has 102 valence electrons.